The zero-order valence-electron chi connectivity index (χ0n) is 15.7. The molecule has 140 valence electrons. The molecule has 28 heavy (non-hydrogen) atoms. The van der Waals surface area contributed by atoms with Crippen LogP contribution < -0.4 is 0 Å². The van der Waals surface area contributed by atoms with Crippen molar-refractivity contribution in [2.75, 3.05) is 0 Å². The van der Waals surface area contributed by atoms with Gasteiger partial charge in [-0.25, -0.2) is 13.2 Å². The minimum Gasteiger partial charge on any atom is -0.206 e. The number of halogens is 3. The second kappa shape index (κ2) is 7.16. The molecule has 4 rings (SSSR count). The lowest BCUT2D eigenvalue weighted by Crippen LogP contribution is -1.94. The van der Waals surface area contributed by atoms with Gasteiger partial charge >= 0.3 is 0 Å². The van der Waals surface area contributed by atoms with E-state index in [0.717, 1.165) is 22.9 Å². The van der Waals surface area contributed by atoms with Gasteiger partial charge in [-0.2, -0.15) is 0 Å². The predicted molar refractivity (Wildman–Crippen MR) is 109 cm³/mol. The molecule has 0 spiro atoms. The average molecular weight is 376 g/mol. The third kappa shape index (κ3) is 3.18. The van der Waals surface area contributed by atoms with Gasteiger partial charge in [0, 0.05) is 10.9 Å². The van der Waals surface area contributed by atoms with Crippen molar-refractivity contribution in [1.82, 2.24) is 0 Å². The standard InChI is InChI=1S/C25H19F3/c1-3-16-6-10-20-18(12-16)9-11-21(25(20)28)19-13-22(26)24(23(27)14-19)17-7-4-15(2)5-8-17/h4-14H,3H2,1-2H3. The number of benzene rings is 4. The maximum atomic E-state index is 15.1. The van der Waals surface area contributed by atoms with Gasteiger partial charge in [0.05, 0.1) is 5.56 Å². The van der Waals surface area contributed by atoms with Crippen LogP contribution in [0, 0.1) is 24.4 Å². The topological polar surface area (TPSA) is 0 Å². The molecule has 4 aromatic rings. The Kier molecular flexibility index (Phi) is 4.68. The van der Waals surface area contributed by atoms with Crippen LogP contribution in [0.25, 0.3) is 33.0 Å². The first-order valence-corrected chi connectivity index (χ1v) is 9.25. The van der Waals surface area contributed by atoms with Crippen molar-refractivity contribution >= 4 is 10.8 Å². The smallest absolute Gasteiger partial charge is 0.138 e. The maximum absolute atomic E-state index is 15.1. The number of fused-ring (bicyclic) bond motifs is 1. The normalized spacial score (nSPS) is 11.2. The fourth-order valence-corrected chi connectivity index (χ4v) is 3.51. The van der Waals surface area contributed by atoms with Crippen LogP contribution in [-0.2, 0) is 6.42 Å². The fraction of sp³-hybridized carbons (Fsp3) is 0.120. The molecular formula is C25H19F3. The van der Waals surface area contributed by atoms with E-state index in [1.165, 1.54) is 12.1 Å². The molecule has 0 unspecified atom stereocenters. The SMILES string of the molecule is CCc1ccc2c(F)c(-c3cc(F)c(-c4ccc(C)cc4)c(F)c3)ccc2c1. The summed E-state index contributed by atoms with van der Waals surface area (Å²) in [5.41, 5.74) is 2.84. The molecule has 0 aliphatic heterocycles. The second-order valence-corrected chi connectivity index (χ2v) is 7.02. The summed E-state index contributed by atoms with van der Waals surface area (Å²) in [5, 5.41) is 1.22. The third-order valence-corrected chi connectivity index (χ3v) is 5.12. The summed E-state index contributed by atoms with van der Waals surface area (Å²) >= 11 is 0. The second-order valence-electron chi connectivity index (χ2n) is 7.02. The number of rotatable bonds is 3. The summed E-state index contributed by atoms with van der Waals surface area (Å²) < 4.78 is 44.6. The molecule has 0 aliphatic carbocycles. The van der Waals surface area contributed by atoms with Crippen molar-refractivity contribution in [3.8, 4) is 22.3 Å². The van der Waals surface area contributed by atoms with Crippen molar-refractivity contribution in [3.05, 3.63) is 95.3 Å². The van der Waals surface area contributed by atoms with E-state index in [9.17, 15) is 8.78 Å². The molecule has 0 amide bonds. The average Bonchev–Trinajstić information content (AvgIpc) is 2.68. The van der Waals surface area contributed by atoms with Gasteiger partial charge in [0.2, 0.25) is 0 Å². The molecule has 0 aromatic heterocycles. The quantitative estimate of drug-likeness (QED) is 0.348. The summed E-state index contributed by atoms with van der Waals surface area (Å²) in [4.78, 5) is 0. The molecule has 3 heteroatoms. The van der Waals surface area contributed by atoms with Crippen LogP contribution in [0.2, 0.25) is 0 Å². The van der Waals surface area contributed by atoms with Gasteiger partial charge in [0.15, 0.2) is 0 Å². The van der Waals surface area contributed by atoms with Gasteiger partial charge in [0.25, 0.3) is 0 Å². The van der Waals surface area contributed by atoms with E-state index in [1.54, 1.807) is 42.5 Å². The Bertz CT molecular complexity index is 1150. The van der Waals surface area contributed by atoms with Gasteiger partial charge in [-0.15, -0.1) is 0 Å². The molecular weight excluding hydrogens is 357 g/mol. The van der Waals surface area contributed by atoms with Gasteiger partial charge in [-0.1, -0.05) is 67.1 Å². The lowest BCUT2D eigenvalue weighted by Gasteiger charge is -2.11. The van der Waals surface area contributed by atoms with Crippen molar-refractivity contribution in [1.29, 1.82) is 0 Å². The van der Waals surface area contributed by atoms with E-state index in [4.69, 9.17) is 0 Å². The Labute approximate surface area is 162 Å². The Balaban J connectivity index is 1.84. The summed E-state index contributed by atoms with van der Waals surface area (Å²) in [7, 11) is 0. The number of hydrogen-bond acceptors (Lipinski definition) is 0. The Morgan fingerprint density at radius 1 is 0.714 bits per heavy atom. The van der Waals surface area contributed by atoms with Crippen molar-refractivity contribution in [2.45, 2.75) is 20.3 Å². The molecule has 0 saturated carbocycles. The van der Waals surface area contributed by atoms with E-state index < -0.39 is 17.5 Å². The Morgan fingerprint density at radius 3 is 2.04 bits per heavy atom. The highest BCUT2D eigenvalue weighted by Crippen LogP contribution is 2.34. The Hall–Kier alpha value is -3.07. The minimum absolute atomic E-state index is 0.0995. The molecule has 0 heterocycles. The van der Waals surface area contributed by atoms with Crippen LogP contribution in [0.3, 0.4) is 0 Å². The van der Waals surface area contributed by atoms with Crippen LogP contribution in [0.15, 0.2) is 66.7 Å². The third-order valence-electron chi connectivity index (χ3n) is 5.12. The van der Waals surface area contributed by atoms with Crippen LogP contribution >= 0.6 is 0 Å². The predicted octanol–water partition coefficient (Wildman–Crippen LogP) is 7.46. The Morgan fingerprint density at radius 2 is 1.39 bits per heavy atom. The lowest BCUT2D eigenvalue weighted by atomic mass is 9.95. The van der Waals surface area contributed by atoms with Crippen molar-refractivity contribution in [3.63, 3.8) is 0 Å². The lowest BCUT2D eigenvalue weighted by molar-refractivity contribution is 0.590. The molecule has 0 radical (unpaired) electrons. The number of hydrogen-bond donors (Lipinski definition) is 0. The van der Waals surface area contributed by atoms with Gasteiger partial charge in [-0.05, 0) is 47.6 Å². The molecule has 0 N–H and O–H groups in total. The molecule has 0 aliphatic rings. The largest absolute Gasteiger partial charge is 0.206 e. The van der Waals surface area contributed by atoms with E-state index in [0.29, 0.717) is 10.9 Å². The van der Waals surface area contributed by atoms with Crippen LogP contribution in [-0.4, -0.2) is 0 Å². The molecule has 0 fully saturated rings. The molecule has 0 atom stereocenters. The molecule has 0 saturated heterocycles. The first-order chi connectivity index (χ1) is 13.5. The van der Waals surface area contributed by atoms with E-state index in [-0.39, 0.29) is 16.7 Å². The minimum atomic E-state index is -0.709. The number of aryl methyl sites for hydroxylation is 2. The summed E-state index contributed by atoms with van der Waals surface area (Å²) in [6, 6.07) is 18.3. The summed E-state index contributed by atoms with van der Waals surface area (Å²) in [5.74, 6) is -1.89. The van der Waals surface area contributed by atoms with Gasteiger partial charge in [0.1, 0.15) is 17.5 Å². The van der Waals surface area contributed by atoms with Crippen molar-refractivity contribution < 1.29 is 13.2 Å². The monoisotopic (exact) mass is 376 g/mol. The summed E-state index contributed by atoms with van der Waals surface area (Å²) in [6.45, 7) is 3.94. The van der Waals surface area contributed by atoms with Gasteiger partial charge < -0.3 is 0 Å². The molecule has 4 aromatic carbocycles. The highest BCUT2D eigenvalue weighted by molar-refractivity contribution is 5.89. The zero-order valence-corrected chi connectivity index (χ0v) is 15.7. The van der Waals surface area contributed by atoms with E-state index >= 15 is 4.39 Å². The van der Waals surface area contributed by atoms with Crippen LogP contribution in [0.5, 0.6) is 0 Å². The van der Waals surface area contributed by atoms with E-state index in [1.807, 2.05) is 26.0 Å². The van der Waals surface area contributed by atoms with Crippen LogP contribution in [0.1, 0.15) is 18.1 Å². The van der Waals surface area contributed by atoms with E-state index in [2.05, 4.69) is 0 Å². The highest BCUT2D eigenvalue weighted by Gasteiger charge is 2.17. The van der Waals surface area contributed by atoms with Crippen LogP contribution in [0.4, 0.5) is 13.2 Å². The molecule has 0 nitrogen and oxygen atoms in total. The highest BCUT2D eigenvalue weighted by atomic mass is 19.1. The zero-order chi connectivity index (χ0) is 19.8. The van der Waals surface area contributed by atoms with Gasteiger partial charge in [-0.3, -0.25) is 0 Å². The summed E-state index contributed by atoms with van der Waals surface area (Å²) in [6.07, 6.45) is 0.857. The molecule has 0 bridgehead atoms. The van der Waals surface area contributed by atoms with Crippen molar-refractivity contribution in [2.24, 2.45) is 0 Å². The fourth-order valence-electron chi connectivity index (χ4n) is 3.51. The first-order valence-electron chi connectivity index (χ1n) is 9.25. The maximum Gasteiger partial charge on any atom is 0.138 e. The first kappa shape index (κ1) is 18.3.